The predicted octanol–water partition coefficient (Wildman–Crippen LogP) is 0.925. The van der Waals surface area contributed by atoms with Crippen molar-refractivity contribution in [3.63, 3.8) is 0 Å². The number of carbonyl (C=O) groups excluding carboxylic acids is 1. The second kappa shape index (κ2) is 5.30. The minimum absolute atomic E-state index is 0.0499. The molecule has 1 aliphatic carbocycles. The molecule has 0 aliphatic heterocycles. The number of carboxylic acid groups (broad SMARTS) is 1. The first-order valence-electron chi connectivity index (χ1n) is 5.54. The highest BCUT2D eigenvalue weighted by Crippen LogP contribution is 2.37. The van der Waals surface area contributed by atoms with Crippen molar-refractivity contribution in [2.75, 3.05) is 7.11 Å². The van der Waals surface area contributed by atoms with Crippen LogP contribution in [0.4, 0.5) is 0 Å². The molecule has 1 atom stereocenters. The minimum atomic E-state index is -0.905. The Kier molecular flexibility index (Phi) is 4.29. The van der Waals surface area contributed by atoms with E-state index in [2.05, 4.69) is 5.32 Å². The third-order valence-corrected chi connectivity index (χ3v) is 3.07. The van der Waals surface area contributed by atoms with E-state index >= 15 is 0 Å². The van der Waals surface area contributed by atoms with E-state index in [-0.39, 0.29) is 24.0 Å². The van der Waals surface area contributed by atoms with Gasteiger partial charge in [-0.3, -0.25) is 9.59 Å². The number of aliphatic carboxylic acids is 1. The Morgan fingerprint density at radius 2 is 2.12 bits per heavy atom. The number of hydrogen-bond acceptors (Lipinski definition) is 3. The summed E-state index contributed by atoms with van der Waals surface area (Å²) < 4.78 is 5.33. The van der Waals surface area contributed by atoms with E-state index in [0.717, 1.165) is 19.3 Å². The molecule has 0 aromatic rings. The summed E-state index contributed by atoms with van der Waals surface area (Å²) in [6.07, 6.45) is 3.18. The van der Waals surface area contributed by atoms with Gasteiger partial charge in [0.1, 0.15) is 0 Å². The van der Waals surface area contributed by atoms with Gasteiger partial charge in [0.05, 0.1) is 18.4 Å². The lowest BCUT2D eigenvalue weighted by Gasteiger charge is -2.40. The topological polar surface area (TPSA) is 75.6 Å². The Labute approximate surface area is 95.2 Å². The van der Waals surface area contributed by atoms with Crippen LogP contribution < -0.4 is 5.32 Å². The second-order valence-electron chi connectivity index (χ2n) is 4.48. The zero-order valence-corrected chi connectivity index (χ0v) is 9.78. The van der Waals surface area contributed by atoms with E-state index in [1.807, 2.05) is 0 Å². The van der Waals surface area contributed by atoms with Crippen molar-refractivity contribution < 1.29 is 19.4 Å². The number of methoxy groups -OCH3 is 1. The molecule has 0 radical (unpaired) electrons. The fourth-order valence-electron chi connectivity index (χ4n) is 1.96. The van der Waals surface area contributed by atoms with Gasteiger partial charge >= 0.3 is 5.97 Å². The third-order valence-electron chi connectivity index (χ3n) is 3.07. The van der Waals surface area contributed by atoms with Gasteiger partial charge in [-0.25, -0.2) is 0 Å². The summed E-state index contributed by atoms with van der Waals surface area (Å²) in [5.74, 6) is -1.03. The monoisotopic (exact) mass is 229 g/mol. The third kappa shape index (κ3) is 3.48. The van der Waals surface area contributed by atoms with Crippen LogP contribution in [-0.2, 0) is 14.3 Å². The maximum absolute atomic E-state index is 11.6. The summed E-state index contributed by atoms with van der Waals surface area (Å²) in [6.45, 7) is 1.69. The molecular formula is C11H19NO4. The fraction of sp³-hybridized carbons (Fsp3) is 0.818. The van der Waals surface area contributed by atoms with Gasteiger partial charge in [0, 0.05) is 13.2 Å². The molecule has 92 valence electrons. The molecule has 1 saturated carbocycles. The fourth-order valence-corrected chi connectivity index (χ4v) is 1.96. The Morgan fingerprint density at radius 1 is 1.50 bits per heavy atom. The molecule has 2 N–H and O–H groups in total. The van der Waals surface area contributed by atoms with E-state index in [9.17, 15) is 9.59 Å². The molecule has 1 aliphatic rings. The Morgan fingerprint density at radius 3 is 2.50 bits per heavy atom. The van der Waals surface area contributed by atoms with E-state index in [4.69, 9.17) is 9.84 Å². The molecule has 0 heterocycles. The average Bonchev–Trinajstić information content (AvgIpc) is 2.09. The number of ether oxygens (including phenoxy) is 1. The molecule has 0 aromatic carbocycles. The predicted molar refractivity (Wildman–Crippen MR) is 58.1 cm³/mol. The van der Waals surface area contributed by atoms with Crippen LogP contribution >= 0.6 is 0 Å². The molecule has 0 bridgehead atoms. The number of nitrogens with one attached hydrogen (secondary N) is 1. The van der Waals surface area contributed by atoms with Crippen molar-refractivity contribution in [3.05, 3.63) is 0 Å². The Bertz CT molecular complexity index is 268. The van der Waals surface area contributed by atoms with E-state index in [1.165, 1.54) is 0 Å². The average molecular weight is 229 g/mol. The number of carboxylic acids is 1. The van der Waals surface area contributed by atoms with Crippen LogP contribution in [0.15, 0.2) is 0 Å². The quantitative estimate of drug-likeness (QED) is 0.710. The lowest BCUT2D eigenvalue weighted by molar-refractivity contribution is -0.138. The van der Waals surface area contributed by atoms with Crippen molar-refractivity contribution >= 4 is 11.9 Å². The normalized spacial score (nSPS) is 19.6. The lowest BCUT2D eigenvalue weighted by atomic mass is 9.77. The summed E-state index contributed by atoms with van der Waals surface area (Å²) in [7, 11) is 1.62. The molecule has 1 amide bonds. The Hall–Kier alpha value is -1.10. The van der Waals surface area contributed by atoms with Crippen LogP contribution in [0.3, 0.4) is 0 Å². The van der Waals surface area contributed by atoms with Crippen LogP contribution in [0.25, 0.3) is 0 Å². The molecule has 1 unspecified atom stereocenters. The summed E-state index contributed by atoms with van der Waals surface area (Å²) >= 11 is 0. The maximum atomic E-state index is 11.6. The van der Waals surface area contributed by atoms with Gasteiger partial charge in [-0.1, -0.05) is 0 Å². The lowest BCUT2D eigenvalue weighted by Crippen LogP contribution is -2.45. The van der Waals surface area contributed by atoms with Crippen LogP contribution in [0.5, 0.6) is 0 Å². The SMILES string of the molecule is COC1(CC(=O)NC(C)CC(=O)O)CCC1. The van der Waals surface area contributed by atoms with Gasteiger partial charge in [0.25, 0.3) is 0 Å². The van der Waals surface area contributed by atoms with Gasteiger partial charge in [-0.15, -0.1) is 0 Å². The summed E-state index contributed by atoms with van der Waals surface area (Å²) in [5, 5.41) is 11.2. The number of amides is 1. The van der Waals surface area contributed by atoms with Crippen LogP contribution in [0.2, 0.25) is 0 Å². The summed E-state index contributed by atoms with van der Waals surface area (Å²) in [4.78, 5) is 22.0. The highest BCUT2D eigenvalue weighted by Gasteiger charge is 2.39. The molecule has 5 heteroatoms. The van der Waals surface area contributed by atoms with Crippen molar-refractivity contribution in [2.24, 2.45) is 0 Å². The largest absolute Gasteiger partial charge is 0.481 e. The zero-order chi connectivity index (χ0) is 12.2. The molecular weight excluding hydrogens is 210 g/mol. The van der Waals surface area contributed by atoms with Gasteiger partial charge in [0.2, 0.25) is 5.91 Å². The summed E-state index contributed by atoms with van der Waals surface area (Å²) in [6, 6.07) is -0.334. The molecule has 0 spiro atoms. The van der Waals surface area contributed by atoms with Crippen molar-refractivity contribution in [3.8, 4) is 0 Å². The van der Waals surface area contributed by atoms with Crippen LogP contribution in [0.1, 0.15) is 39.0 Å². The van der Waals surface area contributed by atoms with Gasteiger partial charge in [0.15, 0.2) is 0 Å². The second-order valence-corrected chi connectivity index (χ2v) is 4.48. The number of rotatable bonds is 6. The smallest absolute Gasteiger partial charge is 0.305 e. The van der Waals surface area contributed by atoms with Crippen LogP contribution in [0, 0.1) is 0 Å². The molecule has 1 rings (SSSR count). The first kappa shape index (κ1) is 13.0. The molecule has 0 saturated heterocycles. The zero-order valence-electron chi connectivity index (χ0n) is 9.78. The highest BCUT2D eigenvalue weighted by atomic mass is 16.5. The first-order valence-corrected chi connectivity index (χ1v) is 5.54. The van der Waals surface area contributed by atoms with E-state index in [0.29, 0.717) is 6.42 Å². The number of carbonyl (C=O) groups is 2. The van der Waals surface area contributed by atoms with E-state index in [1.54, 1.807) is 14.0 Å². The number of hydrogen-bond donors (Lipinski definition) is 2. The van der Waals surface area contributed by atoms with Gasteiger partial charge in [-0.2, -0.15) is 0 Å². The highest BCUT2D eigenvalue weighted by molar-refractivity contribution is 5.78. The molecule has 1 fully saturated rings. The van der Waals surface area contributed by atoms with Gasteiger partial charge in [-0.05, 0) is 26.2 Å². The van der Waals surface area contributed by atoms with Crippen molar-refractivity contribution in [1.29, 1.82) is 0 Å². The summed E-state index contributed by atoms with van der Waals surface area (Å²) in [5.41, 5.74) is -0.299. The molecule has 0 aromatic heterocycles. The standard InChI is InChI=1S/C11H19NO4/c1-8(6-10(14)15)12-9(13)7-11(16-2)4-3-5-11/h8H,3-7H2,1-2H3,(H,12,13)(H,14,15). The Balaban J connectivity index is 2.32. The van der Waals surface area contributed by atoms with Gasteiger partial charge < -0.3 is 15.2 Å². The molecule has 5 nitrogen and oxygen atoms in total. The maximum Gasteiger partial charge on any atom is 0.305 e. The van der Waals surface area contributed by atoms with Crippen molar-refractivity contribution in [2.45, 2.75) is 50.7 Å². The van der Waals surface area contributed by atoms with E-state index < -0.39 is 5.97 Å². The van der Waals surface area contributed by atoms with Crippen molar-refractivity contribution in [1.82, 2.24) is 5.32 Å². The molecule has 16 heavy (non-hydrogen) atoms. The van der Waals surface area contributed by atoms with Crippen LogP contribution in [-0.4, -0.2) is 35.7 Å². The first-order chi connectivity index (χ1) is 7.47. The minimum Gasteiger partial charge on any atom is -0.481 e.